The number of hydrogen-bond acceptors (Lipinski definition) is 2. The van der Waals surface area contributed by atoms with E-state index in [1.807, 2.05) is 24.3 Å². The fourth-order valence-corrected chi connectivity index (χ4v) is 2.80. The van der Waals surface area contributed by atoms with E-state index in [4.69, 9.17) is 4.74 Å². The van der Waals surface area contributed by atoms with Crippen molar-refractivity contribution < 1.29 is 9.53 Å². The van der Waals surface area contributed by atoms with E-state index in [0.717, 1.165) is 30.1 Å². The topological polar surface area (TPSA) is 26.3 Å². The molecule has 0 heterocycles. The Morgan fingerprint density at radius 3 is 2.74 bits per heavy atom. The molecule has 2 heteroatoms. The largest absolute Gasteiger partial charge is 0.493 e. The number of para-hydroxylation sites is 1. The van der Waals surface area contributed by atoms with Crippen molar-refractivity contribution in [2.24, 2.45) is 5.92 Å². The zero-order chi connectivity index (χ0) is 13.5. The smallest absolute Gasteiger partial charge is 0.166 e. The molecule has 0 bridgehead atoms. The van der Waals surface area contributed by atoms with E-state index < -0.39 is 0 Å². The van der Waals surface area contributed by atoms with Gasteiger partial charge < -0.3 is 4.74 Å². The molecule has 0 N–H and O–H groups in total. The van der Waals surface area contributed by atoms with Crippen LogP contribution >= 0.6 is 0 Å². The molecule has 0 aliphatic heterocycles. The second-order valence-electron chi connectivity index (χ2n) is 5.46. The minimum absolute atomic E-state index is 0.235. The van der Waals surface area contributed by atoms with E-state index in [1.54, 1.807) is 0 Å². The minimum atomic E-state index is 0.235. The highest BCUT2D eigenvalue weighted by molar-refractivity contribution is 5.98. The summed E-state index contributed by atoms with van der Waals surface area (Å²) in [5.41, 5.74) is 0.758. The van der Waals surface area contributed by atoms with Gasteiger partial charge in [0.2, 0.25) is 0 Å². The van der Waals surface area contributed by atoms with Crippen LogP contribution in [0.25, 0.3) is 0 Å². The monoisotopic (exact) mass is 260 g/mol. The summed E-state index contributed by atoms with van der Waals surface area (Å²) in [5, 5.41) is 0. The van der Waals surface area contributed by atoms with Crippen molar-refractivity contribution in [2.75, 3.05) is 6.61 Å². The van der Waals surface area contributed by atoms with Gasteiger partial charge in [-0.05, 0) is 30.9 Å². The average Bonchev–Trinajstić information content (AvgIpc) is 2.96. The second kappa shape index (κ2) is 7.32. The Balaban J connectivity index is 1.93. The molecule has 0 aromatic heterocycles. The van der Waals surface area contributed by atoms with Crippen LogP contribution in [0, 0.1) is 5.92 Å². The van der Waals surface area contributed by atoms with Gasteiger partial charge in [0.25, 0.3) is 0 Å². The van der Waals surface area contributed by atoms with Crippen molar-refractivity contribution in [1.82, 2.24) is 0 Å². The van der Waals surface area contributed by atoms with Crippen LogP contribution in [0.1, 0.15) is 62.2 Å². The number of Topliss-reactive ketones (excluding diaryl/α,β-unsaturated/α-hetero) is 1. The molecule has 0 unspecified atom stereocenters. The normalized spacial score (nSPS) is 15.6. The quantitative estimate of drug-likeness (QED) is 0.668. The molecule has 2 nitrogen and oxygen atoms in total. The molecule has 104 valence electrons. The van der Waals surface area contributed by atoms with Crippen LogP contribution in [0.3, 0.4) is 0 Å². The molecule has 19 heavy (non-hydrogen) atoms. The van der Waals surface area contributed by atoms with Gasteiger partial charge in [0.15, 0.2) is 5.78 Å². The SMILES string of the molecule is CCCOc1ccccc1C(=O)CCC1CCCC1. The Kier molecular flexibility index (Phi) is 5.44. The van der Waals surface area contributed by atoms with Gasteiger partial charge in [-0.15, -0.1) is 0 Å². The summed E-state index contributed by atoms with van der Waals surface area (Å²) in [7, 11) is 0. The third-order valence-electron chi connectivity index (χ3n) is 3.90. The summed E-state index contributed by atoms with van der Waals surface area (Å²) in [5.74, 6) is 1.76. The highest BCUT2D eigenvalue weighted by atomic mass is 16.5. The van der Waals surface area contributed by atoms with Crippen molar-refractivity contribution in [1.29, 1.82) is 0 Å². The Hall–Kier alpha value is -1.31. The van der Waals surface area contributed by atoms with Crippen LogP contribution < -0.4 is 4.74 Å². The van der Waals surface area contributed by atoms with Crippen molar-refractivity contribution in [3.8, 4) is 5.75 Å². The number of benzene rings is 1. The molecule has 0 atom stereocenters. The maximum atomic E-state index is 12.3. The van der Waals surface area contributed by atoms with Crippen LogP contribution in [0.15, 0.2) is 24.3 Å². The molecule has 1 aromatic rings. The zero-order valence-corrected chi connectivity index (χ0v) is 11.9. The lowest BCUT2D eigenvalue weighted by atomic mass is 9.97. The Labute approximate surface area is 116 Å². The summed E-state index contributed by atoms with van der Waals surface area (Å²) in [6, 6.07) is 7.64. The number of carbonyl (C=O) groups is 1. The van der Waals surface area contributed by atoms with E-state index >= 15 is 0 Å². The Bertz CT molecular complexity index is 405. The molecule has 0 spiro atoms. The van der Waals surface area contributed by atoms with Crippen molar-refractivity contribution in [2.45, 2.75) is 51.9 Å². The lowest BCUT2D eigenvalue weighted by molar-refractivity contribution is 0.0970. The molecular formula is C17H24O2. The zero-order valence-electron chi connectivity index (χ0n) is 11.9. The predicted molar refractivity (Wildman–Crippen MR) is 77.8 cm³/mol. The van der Waals surface area contributed by atoms with Crippen LogP contribution in [-0.2, 0) is 0 Å². The van der Waals surface area contributed by atoms with E-state index in [0.29, 0.717) is 13.0 Å². The van der Waals surface area contributed by atoms with Crippen molar-refractivity contribution >= 4 is 5.78 Å². The standard InChI is InChI=1S/C17H24O2/c1-2-13-19-17-10-6-5-9-15(17)16(18)12-11-14-7-3-4-8-14/h5-6,9-10,14H,2-4,7-8,11-13H2,1H3. The number of carbonyl (C=O) groups excluding carboxylic acids is 1. The maximum Gasteiger partial charge on any atom is 0.166 e. The third-order valence-corrected chi connectivity index (χ3v) is 3.90. The van der Waals surface area contributed by atoms with Crippen LogP contribution in [0.5, 0.6) is 5.75 Å². The van der Waals surface area contributed by atoms with Gasteiger partial charge in [-0.3, -0.25) is 4.79 Å². The Morgan fingerprint density at radius 1 is 1.26 bits per heavy atom. The van der Waals surface area contributed by atoms with Crippen LogP contribution in [-0.4, -0.2) is 12.4 Å². The summed E-state index contributed by atoms with van der Waals surface area (Å²) in [6.45, 7) is 2.75. The first-order valence-electron chi connectivity index (χ1n) is 7.56. The summed E-state index contributed by atoms with van der Waals surface area (Å²) < 4.78 is 5.66. The number of rotatable bonds is 7. The van der Waals surface area contributed by atoms with Crippen LogP contribution in [0.4, 0.5) is 0 Å². The first-order valence-corrected chi connectivity index (χ1v) is 7.56. The lowest BCUT2D eigenvalue weighted by Gasteiger charge is -2.11. The fourth-order valence-electron chi connectivity index (χ4n) is 2.80. The first kappa shape index (κ1) is 14.1. The first-order chi connectivity index (χ1) is 9.31. The van der Waals surface area contributed by atoms with E-state index in [2.05, 4.69) is 6.92 Å². The molecule has 2 rings (SSSR count). The number of ether oxygens (including phenoxy) is 1. The molecule has 1 aromatic carbocycles. The number of hydrogen-bond donors (Lipinski definition) is 0. The van der Waals surface area contributed by atoms with Gasteiger partial charge >= 0.3 is 0 Å². The highest BCUT2D eigenvalue weighted by Crippen LogP contribution is 2.30. The highest BCUT2D eigenvalue weighted by Gasteiger charge is 2.18. The Morgan fingerprint density at radius 2 is 2.00 bits per heavy atom. The molecule has 1 aliphatic carbocycles. The van der Waals surface area contributed by atoms with Crippen LogP contribution in [0.2, 0.25) is 0 Å². The van der Waals surface area contributed by atoms with Gasteiger partial charge in [-0.1, -0.05) is 44.7 Å². The average molecular weight is 260 g/mol. The van der Waals surface area contributed by atoms with E-state index in [-0.39, 0.29) is 5.78 Å². The fraction of sp³-hybridized carbons (Fsp3) is 0.588. The van der Waals surface area contributed by atoms with Gasteiger partial charge in [0.05, 0.1) is 12.2 Å². The summed E-state index contributed by atoms with van der Waals surface area (Å²) in [4.78, 5) is 12.3. The molecule has 0 saturated heterocycles. The molecular weight excluding hydrogens is 236 g/mol. The molecule has 1 saturated carbocycles. The second-order valence-corrected chi connectivity index (χ2v) is 5.46. The summed E-state index contributed by atoms with van der Waals surface area (Å²) >= 11 is 0. The third kappa shape index (κ3) is 4.09. The lowest BCUT2D eigenvalue weighted by Crippen LogP contribution is -2.06. The molecule has 0 amide bonds. The molecule has 1 aliphatic rings. The van der Waals surface area contributed by atoms with Crippen molar-refractivity contribution in [3.63, 3.8) is 0 Å². The summed E-state index contributed by atoms with van der Waals surface area (Å²) in [6.07, 6.45) is 7.97. The van der Waals surface area contributed by atoms with Gasteiger partial charge in [0, 0.05) is 6.42 Å². The van der Waals surface area contributed by atoms with E-state index in [9.17, 15) is 4.79 Å². The maximum absolute atomic E-state index is 12.3. The minimum Gasteiger partial charge on any atom is -0.493 e. The predicted octanol–water partition coefficient (Wildman–Crippen LogP) is 4.63. The number of ketones is 1. The van der Waals surface area contributed by atoms with Gasteiger partial charge in [-0.2, -0.15) is 0 Å². The van der Waals surface area contributed by atoms with E-state index in [1.165, 1.54) is 25.7 Å². The molecule has 1 fully saturated rings. The van der Waals surface area contributed by atoms with Gasteiger partial charge in [-0.25, -0.2) is 0 Å². The van der Waals surface area contributed by atoms with Gasteiger partial charge in [0.1, 0.15) is 5.75 Å². The molecule has 0 radical (unpaired) electrons. The van der Waals surface area contributed by atoms with Crippen molar-refractivity contribution in [3.05, 3.63) is 29.8 Å².